The Kier molecular flexibility index (Phi) is 3.20. The fourth-order valence-corrected chi connectivity index (χ4v) is 4.37. The second-order valence-electron chi connectivity index (χ2n) is 5.19. The number of sulfone groups is 1. The number of hydrogen-bond donors (Lipinski definition) is 2. The Labute approximate surface area is 113 Å². The molecule has 0 radical (unpaired) electrons. The van der Waals surface area contributed by atoms with Crippen LogP contribution in [0.2, 0.25) is 0 Å². The van der Waals surface area contributed by atoms with Crippen LogP contribution in [0.1, 0.15) is 30.4 Å². The molecule has 5 heteroatoms. The molecule has 0 amide bonds. The van der Waals surface area contributed by atoms with Crippen LogP contribution in [0.3, 0.4) is 0 Å². The lowest BCUT2D eigenvalue weighted by Crippen LogP contribution is -2.35. The molecule has 0 aromatic heterocycles. The number of fused-ring (bicyclic) bond motifs is 1. The molecule has 0 spiro atoms. The molecule has 1 saturated carbocycles. The van der Waals surface area contributed by atoms with Crippen LogP contribution in [0.15, 0.2) is 28.5 Å². The zero-order valence-corrected chi connectivity index (χ0v) is 11.5. The minimum Gasteiger partial charge on any atom is -0.326 e. The first-order chi connectivity index (χ1) is 9.12. The van der Waals surface area contributed by atoms with Gasteiger partial charge in [0.1, 0.15) is 0 Å². The lowest BCUT2D eigenvalue weighted by Gasteiger charge is -2.26. The number of benzene rings is 1. The third kappa shape index (κ3) is 2.22. The minimum atomic E-state index is -3.32. The van der Waals surface area contributed by atoms with E-state index in [2.05, 4.69) is 5.32 Å². The molecule has 102 valence electrons. The predicted molar refractivity (Wildman–Crippen MR) is 75.1 cm³/mol. The van der Waals surface area contributed by atoms with E-state index in [9.17, 15) is 8.42 Å². The highest BCUT2D eigenvalue weighted by Gasteiger charge is 2.29. The van der Waals surface area contributed by atoms with Gasteiger partial charge in [-0.05, 0) is 29.5 Å². The summed E-state index contributed by atoms with van der Waals surface area (Å²) >= 11 is 0. The molecule has 0 saturated heterocycles. The molecule has 0 atom stereocenters. The highest BCUT2D eigenvalue weighted by molar-refractivity contribution is 7.95. The minimum absolute atomic E-state index is 0.250. The Balaban J connectivity index is 1.92. The molecule has 0 unspecified atom stereocenters. The number of nitrogens with two attached hydrogens (primary N) is 1. The first kappa shape index (κ1) is 12.8. The lowest BCUT2D eigenvalue weighted by molar-refractivity contribution is 0.353. The molecule has 1 aromatic rings. The molecule has 2 aliphatic rings. The van der Waals surface area contributed by atoms with Crippen LogP contribution in [0.25, 0.3) is 5.57 Å². The number of hydrogen-bond acceptors (Lipinski definition) is 4. The van der Waals surface area contributed by atoms with Crippen molar-refractivity contribution < 1.29 is 8.42 Å². The van der Waals surface area contributed by atoms with Gasteiger partial charge in [-0.2, -0.15) is 0 Å². The summed E-state index contributed by atoms with van der Waals surface area (Å²) in [5.41, 5.74) is 8.01. The van der Waals surface area contributed by atoms with E-state index in [1.165, 1.54) is 24.7 Å². The van der Waals surface area contributed by atoms with Gasteiger partial charge in [-0.25, -0.2) is 8.42 Å². The smallest absolute Gasteiger partial charge is 0.201 e. The molecule has 3 rings (SSSR count). The first-order valence-electron chi connectivity index (χ1n) is 6.63. The molecular formula is C14H18N2O2S. The van der Waals surface area contributed by atoms with Crippen LogP contribution in [-0.4, -0.2) is 21.0 Å². The maximum absolute atomic E-state index is 12.2. The zero-order chi connectivity index (χ0) is 13.5. The van der Waals surface area contributed by atoms with Crippen LogP contribution < -0.4 is 11.1 Å². The predicted octanol–water partition coefficient (Wildman–Crippen LogP) is 1.42. The van der Waals surface area contributed by atoms with Crippen molar-refractivity contribution in [2.45, 2.75) is 36.7 Å². The lowest BCUT2D eigenvalue weighted by atomic mass is 9.93. The maximum Gasteiger partial charge on any atom is 0.201 e. The summed E-state index contributed by atoms with van der Waals surface area (Å²) in [4.78, 5) is 0.405. The summed E-state index contributed by atoms with van der Waals surface area (Å²) < 4.78 is 24.4. The van der Waals surface area contributed by atoms with E-state index in [4.69, 9.17) is 5.73 Å². The van der Waals surface area contributed by atoms with Gasteiger partial charge >= 0.3 is 0 Å². The summed E-state index contributed by atoms with van der Waals surface area (Å²) in [6.07, 6.45) is 3.65. The van der Waals surface area contributed by atoms with Gasteiger partial charge in [0.05, 0.1) is 4.90 Å². The summed E-state index contributed by atoms with van der Waals surface area (Å²) in [5, 5.41) is 4.80. The van der Waals surface area contributed by atoms with Crippen molar-refractivity contribution in [1.82, 2.24) is 5.32 Å². The van der Waals surface area contributed by atoms with Gasteiger partial charge < -0.3 is 11.1 Å². The van der Waals surface area contributed by atoms with Crippen molar-refractivity contribution in [1.29, 1.82) is 0 Å². The fourth-order valence-electron chi connectivity index (χ4n) is 2.65. The van der Waals surface area contributed by atoms with E-state index < -0.39 is 9.84 Å². The summed E-state index contributed by atoms with van der Waals surface area (Å²) in [6, 6.07) is 6.07. The van der Waals surface area contributed by atoms with E-state index in [0.717, 1.165) is 11.1 Å². The van der Waals surface area contributed by atoms with Gasteiger partial charge in [0.2, 0.25) is 9.84 Å². The van der Waals surface area contributed by atoms with E-state index in [1.54, 1.807) is 6.07 Å². The third-order valence-corrected chi connectivity index (χ3v) is 5.58. The summed E-state index contributed by atoms with van der Waals surface area (Å²) in [6.45, 7) is 0.866. The molecule has 1 aliphatic carbocycles. The first-order valence-corrected chi connectivity index (χ1v) is 8.18. The van der Waals surface area contributed by atoms with Crippen LogP contribution in [0, 0.1) is 0 Å². The van der Waals surface area contributed by atoms with Gasteiger partial charge in [-0.1, -0.05) is 24.6 Å². The monoisotopic (exact) mass is 278 g/mol. The Morgan fingerprint density at radius 3 is 2.74 bits per heavy atom. The standard InChI is InChI=1S/C14H18N2O2S/c15-7-10-3-1-6-13-11(8-16-12-4-2-5-12)9-19(17,18)14(10)13/h1,3,6,9,12,16H,2,4-5,7-8,15H2. The van der Waals surface area contributed by atoms with Crippen LogP contribution in [0.5, 0.6) is 0 Å². The average Bonchev–Trinajstić information content (AvgIpc) is 2.59. The van der Waals surface area contributed by atoms with Crippen molar-refractivity contribution >= 4 is 15.4 Å². The second kappa shape index (κ2) is 4.74. The van der Waals surface area contributed by atoms with E-state index in [1.807, 2.05) is 12.1 Å². The van der Waals surface area contributed by atoms with Crippen molar-refractivity contribution in [3.8, 4) is 0 Å². The zero-order valence-electron chi connectivity index (χ0n) is 10.7. The summed E-state index contributed by atoms with van der Waals surface area (Å²) in [7, 11) is -3.32. The quantitative estimate of drug-likeness (QED) is 0.873. The van der Waals surface area contributed by atoms with Gasteiger partial charge in [-0.3, -0.25) is 0 Å². The van der Waals surface area contributed by atoms with Crippen LogP contribution >= 0.6 is 0 Å². The Bertz CT molecular complexity index is 631. The van der Waals surface area contributed by atoms with Gasteiger partial charge in [-0.15, -0.1) is 0 Å². The molecule has 0 bridgehead atoms. The molecule has 1 fully saturated rings. The maximum atomic E-state index is 12.2. The second-order valence-corrected chi connectivity index (χ2v) is 6.93. The molecule has 19 heavy (non-hydrogen) atoms. The summed E-state index contributed by atoms with van der Waals surface area (Å²) in [5.74, 6) is 0. The van der Waals surface area contributed by atoms with Crippen molar-refractivity contribution in [3.05, 3.63) is 34.7 Å². The number of nitrogens with one attached hydrogen (secondary N) is 1. The van der Waals surface area contributed by atoms with Gasteiger partial charge in [0.15, 0.2) is 0 Å². The van der Waals surface area contributed by atoms with Crippen molar-refractivity contribution in [3.63, 3.8) is 0 Å². The molecule has 1 aromatic carbocycles. The van der Waals surface area contributed by atoms with Gasteiger partial charge in [0.25, 0.3) is 0 Å². The van der Waals surface area contributed by atoms with Gasteiger partial charge in [0, 0.05) is 24.5 Å². The normalized spacial score (nSPS) is 20.8. The number of rotatable bonds is 4. The Morgan fingerprint density at radius 2 is 2.11 bits per heavy atom. The van der Waals surface area contributed by atoms with Crippen LogP contribution in [0.4, 0.5) is 0 Å². The van der Waals surface area contributed by atoms with E-state index in [-0.39, 0.29) is 6.54 Å². The Hall–Kier alpha value is -1.17. The highest BCUT2D eigenvalue weighted by Crippen LogP contribution is 2.35. The van der Waals surface area contributed by atoms with Crippen molar-refractivity contribution in [2.75, 3.05) is 6.54 Å². The largest absolute Gasteiger partial charge is 0.326 e. The molecular weight excluding hydrogens is 260 g/mol. The molecule has 1 aliphatic heterocycles. The van der Waals surface area contributed by atoms with Crippen LogP contribution in [-0.2, 0) is 16.4 Å². The van der Waals surface area contributed by atoms with E-state index >= 15 is 0 Å². The molecule has 4 nitrogen and oxygen atoms in total. The SMILES string of the molecule is NCc1cccc2c1S(=O)(=O)C=C2CNC1CCC1. The van der Waals surface area contributed by atoms with Crippen molar-refractivity contribution in [2.24, 2.45) is 5.73 Å². The topological polar surface area (TPSA) is 72.2 Å². The average molecular weight is 278 g/mol. The van der Waals surface area contributed by atoms with E-state index in [0.29, 0.717) is 23.0 Å². The highest BCUT2D eigenvalue weighted by atomic mass is 32.2. The third-order valence-electron chi connectivity index (χ3n) is 3.93. The molecule has 3 N–H and O–H groups in total. The molecule has 1 heterocycles. The Morgan fingerprint density at radius 1 is 1.32 bits per heavy atom. The fraction of sp³-hybridized carbons (Fsp3) is 0.429.